The monoisotopic (exact) mass is 450 g/mol. The maximum Gasteiger partial charge on any atom is 0.325 e. The van der Waals surface area contributed by atoms with Crippen LogP contribution in [0, 0.1) is 5.92 Å². The summed E-state index contributed by atoms with van der Waals surface area (Å²) in [4.78, 5) is 39.3. The second-order valence-corrected chi connectivity index (χ2v) is 9.47. The number of urea groups is 1. The maximum atomic E-state index is 13.1. The zero-order valence-electron chi connectivity index (χ0n) is 19.0. The van der Waals surface area contributed by atoms with Crippen molar-refractivity contribution in [2.45, 2.75) is 70.4 Å². The van der Waals surface area contributed by atoms with E-state index in [2.05, 4.69) is 25.4 Å². The van der Waals surface area contributed by atoms with E-state index in [1.165, 1.54) is 6.42 Å². The quantitative estimate of drug-likeness (QED) is 0.696. The number of aryl methyl sites for hydroxylation is 1. The highest BCUT2D eigenvalue weighted by molar-refractivity contribution is 6.10. The van der Waals surface area contributed by atoms with Crippen molar-refractivity contribution >= 4 is 23.5 Å². The molecular formula is C24H30N6O3. The molecule has 9 nitrogen and oxygen atoms in total. The minimum absolute atomic E-state index is 0.0653. The predicted octanol–water partition coefficient (Wildman–Crippen LogP) is 3.11. The fourth-order valence-corrected chi connectivity index (χ4v) is 5.38. The van der Waals surface area contributed by atoms with Crippen LogP contribution < -0.4 is 10.6 Å². The van der Waals surface area contributed by atoms with Crippen molar-refractivity contribution in [3.05, 3.63) is 30.1 Å². The largest absolute Gasteiger partial charge is 0.325 e. The van der Waals surface area contributed by atoms with Gasteiger partial charge in [0.15, 0.2) is 5.82 Å². The van der Waals surface area contributed by atoms with Crippen LogP contribution in [0.2, 0.25) is 0 Å². The zero-order valence-corrected chi connectivity index (χ0v) is 19.0. The van der Waals surface area contributed by atoms with Crippen LogP contribution in [0.4, 0.5) is 10.5 Å². The minimum Gasteiger partial charge on any atom is -0.325 e. The average Bonchev–Trinajstić information content (AvgIpc) is 3.19. The Bertz CT molecular complexity index is 1080. The van der Waals surface area contributed by atoms with Gasteiger partial charge < -0.3 is 15.2 Å². The number of imide groups is 1. The summed E-state index contributed by atoms with van der Waals surface area (Å²) in [5.74, 6) is 1.26. The zero-order chi connectivity index (χ0) is 23.0. The van der Waals surface area contributed by atoms with Crippen molar-refractivity contribution in [3.63, 3.8) is 0 Å². The lowest BCUT2D eigenvalue weighted by molar-refractivity contribution is -0.136. The molecule has 2 fully saturated rings. The van der Waals surface area contributed by atoms with E-state index in [0.717, 1.165) is 67.2 Å². The van der Waals surface area contributed by atoms with Gasteiger partial charge in [0.2, 0.25) is 5.91 Å². The van der Waals surface area contributed by atoms with Crippen molar-refractivity contribution in [2.75, 3.05) is 11.9 Å². The summed E-state index contributed by atoms with van der Waals surface area (Å²) < 4.78 is 2.18. The Hall–Kier alpha value is -3.23. The fraction of sp³-hybridized carbons (Fsp3) is 0.542. The lowest BCUT2D eigenvalue weighted by Gasteiger charge is -2.36. The summed E-state index contributed by atoms with van der Waals surface area (Å²) in [7, 11) is 0. The van der Waals surface area contributed by atoms with E-state index < -0.39 is 17.5 Å². The van der Waals surface area contributed by atoms with E-state index in [4.69, 9.17) is 0 Å². The fourth-order valence-electron chi connectivity index (χ4n) is 5.38. The van der Waals surface area contributed by atoms with Crippen LogP contribution in [0.1, 0.15) is 57.7 Å². The van der Waals surface area contributed by atoms with E-state index >= 15 is 0 Å². The van der Waals surface area contributed by atoms with Crippen LogP contribution >= 0.6 is 0 Å². The lowest BCUT2D eigenvalue weighted by Crippen LogP contribution is -2.54. The summed E-state index contributed by atoms with van der Waals surface area (Å²) in [6.07, 6.45) is 7.89. The molecule has 3 heterocycles. The first-order valence-electron chi connectivity index (χ1n) is 11.9. The number of fused-ring (bicyclic) bond motifs is 1. The second kappa shape index (κ2) is 8.61. The van der Waals surface area contributed by atoms with E-state index in [1.54, 1.807) is 0 Å². The summed E-state index contributed by atoms with van der Waals surface area (Å²) in [6, 6.07) is 6.95. The van der Waals surface area contributed by atoms with Crippen molar-refractivity contribution in [3.8, 4) is 11.4 Å². The number of nitrogens with zero attached hydrogens (tertiary/aromatic N) is 4. The van der Waals surface area contributed by atoms with E-state index in [0.29, 0.717) is 12.1 Å². The Morgan fingerprint density at radius 1 is 1.12 bits per heavy atom. The molecule has 2 aromatic rings. The van der Waals surface area contributed by atoms with Gasteiger partial charge in [-0.1, -0.05) is 26.2 Å². The van der Waals surface area contributed by atoms with Crippen LogP contribution in [-0.2, 0) is 22.6 Å². The van der Waals surface area contributed by atoms with Crippen molar-refractivity contribution in [1.29, 1.82) is 0 Å². The molecule has 1 aliphatic carbocycles. The number of rotatable bonds is 4. The molecule has 1 spiro atoms. The lowest BCUT2D eigenvalue weighted by atomic mass is 9.73. The van der Waals surface area contributed by atoms with E-state index in [-0.39, 0.29) is 18.4 Å². The topological polar surface area (TPSA) is 109 Å². The number of carbonyl (C=O) groups is 3. The Kier molecular flexibility index (Phi) is 5.64. The van der Waals surface area contributed by atoms with Crippen LogP contribution in [-0.4, -0.2) is 49.6 Å². The Morgan fingerprint density at radius 2 is 1.94 bits per heavy atom. The predicted molar refractivity (Wildman–Crippen MR) is 122 cm³/mol. The number of aromatic nitrogens is 3. The summed E-state index contributed by atoms with van der Waals surface area (Å²) in [5, 5.41) is 14.4. The van der Waals surface area contributed by atoms with Crippen molar-refractivity contribution in [2.24, 2.45) is 5.92 Å². The van der Waals surface area contributed by atoms with Gasteiger partial charge in [0, 0.05) is 24.2 Å². The van der Waals surface area contributed by atoms with Crippen LogP contribution in [0.5, 0.6) is 0 Å². The number of nitrogens with one attached hydrogen (secondary N) is 2. The van der Waals surface area contributed by atoms with E-state index in [9.17, 15) is 14.4 Å². The van der Waals surface area contributed by atoms with Gasteiger partial charge in [-0.15, -0.1) is 10.2 Å². The highest BCUT2D eigenvalue weighted by atomic mass is 16.2. The van der Waals surface area contributed by atoms with Crippen molar-refractivity contribution < 1.29 is 14.4 Å². The van der Waals surface area contributed by atoms with Gasteiger partial charge >= 0.3 is 6.03 Å². The molecule has 4 amide bonds. The van der Waals surface area contributed by atoms with Crippen LogP contribution in [0.3, 0.4) is 0 Å². The first-order chi connectivity index (χ1) is 16.0. The molecule has 2 unspecified atom stereocenters. The maximum absolute atomic E-state index is 13.1. The highest BCUT2D eigenvalue weighted by Crippen LogP contribution is 2.38. The van der Waals surface area contributed by atoms with Crippen LogP contribution in [0.25, 0.3) is 11.4 Å². The molecule has 1 aromatic heterocycles. The van der Waals surface area contributed by atoms with Gasteiger partial charge in [-0.2, -0.15) is 0 Å². The third kappa shape index (κ3) is 3.89. The van der Waals surface area contributed by atoms with Gasteiger partial charge in [-0.05, 0) is 55.9 Å². The van der Waals surface area contributed by atoms with Gasteiger partial charge in [-0.3, -0.25) is 14.5 Å². The first-order valence-corrected chi connectivity index (χ1v) is 11.9. The molecule has 174 valence electrons. The highest BCUT2D eigenvalue weighted by Gasteiger charge is 2.55. The summed E-state index contributed by atoms with van der Waals surface area (Å²) >= 11 is 0. The molecule has 9 heteroatoms. The second-order valence-electron chi connectivity index (χ2n) is 9.47. The molecule has 1 saturated heterocycles. The van der Waals surface area contributed by atoms with Gasteiger partial charge in [0.1, 0.15) is 17.9 Å². The minimum atomic E-state index is -0.854. The van der Waals surface area contributed by atoms with Crippen LogP contribution in [0.15, 0.2) is 24.3 Å². The standard InChI is InChI=1S/C24H30N6O3/c1-16-7-4-5-13-24(16)22(32)30(23(33)26-24)15-20(31)25-18-11-9-17(10-12-18)21-28-27-19-8-3-2-6-14-29(19)21/h9-12,16H,2-8,13-15H2,1H3,(H,25,31)(H,26,33). The van der Waals surface area contributed by atoms with Gasteiger partial charge in [0.05, 0.1) is 0 Å². The molecule has 5 rings (SSSR count). The smallest absolute Gasteiger partial charge is 0.325 e. The van der Waals surface area contributed by atoms with Crippen molar-refractivity contribution in [1.82, 2.24) is 25.0 Å². The molecule has 1 aromatic carbocycles. The molecule has 0 bridgehead atoms. The summed E-state index contributed by atoms with van der Waals surface area (Å²) in [5.41, 5.74) is 0.691. The number of benzene rings is 1. The first kappa shape index (κ1) is 21.6. The molecule has 0 radical (unpaired) electrons. The van der Waals surface area contributed by atoms with Gasteiger partial charge in [0.25, 0.3) is 5.91 Å². The number of hydrogen-bond acceptors (Lipinski definition) is 5. The van der Waals surface area contributed by atoms with E-state index in [1.807, 2.05) is 31.2 Å². The Labute approximate surface area is 192 Å². The molecular weight excluding hydrogens is 420 g/mol. The Morgan fingerprint density at radius 3 is 2.73 bits per heavy atom. The molecule has 33 heavy (non-hydrogen) atoms. The normalized spacial score (nSPS) is 25.0. The third-order valence-electron chi connectivity index (χ3n) is 7.34. The Balaban J connectivity index is 1.24. The molecule has 1 saturated carbocycles. The average molecular weight is 451 g/mol. The number of anilines is 1. The number of amides is 4. The summed E-state index contributed by atoms with van der Waals surface area (Å²) in [6.45, 7) is 2.62. The third-order valence-corrected chi connectivity index (χ3v) is 7.34. The molecule has 2 N–H and O–H groups in total. The molecule has 3 aliphatic rings. The number of hydrogen-bond donors (Lipinski definition) is 2. The SMILES string of the molecule is CC1CCCCC12NC(=O)N(CC(=O)Nc1ccc(-c3nnc4n3CCCCC4)cc1)C2=O. The van der Waals surface area contributed by atoms with Gasteiger partial charge in [-0.25, -0.2) is 4.79 Å². The number of carbonyl (C=O) groups excluding carboxylic acids is 3. The molecule has 2 atom stereocenters. The molecule has 2 aliphatic heterocycles.